The Morgan fingerprint density at radius 2 is 1.48 bits per heavy atom. The monoisotopic (exact) mass is 758 g/mol. The van der Waals surface area contributed by atoms with Crippen LogP contribution < -0.4 is 21.3 Å². The van der Waals surface area contributed by atoms with E-state index in [-0.39, 0.29) is 18.9 Å². The molecule has 0 saturated carbocycles. The number of rotatable bonds is 15. The van der Waals surface area contributed by atoms with Crippen LogP contribution in [0.2, 0.25) is 0 Å². The predicted molar refractivity (Wildman–Crippen MR) is 203 cm³/mol. The minimum Gasteiger partial charge on any atom is -0.444 e. The number of Topliss-reactive ketones (excluding diaryl/α,β-unsaturated/α-hetero) is 1. The predicted octanol–water partition coefficient (Wildman–Crippen LogP) is 3.02. The van der Waals surface area contributed by atoms with E-state index < -0.39 is 88.9 Å². The number of unbranched alkanes of at least 4 members (excludes halogenated alkanes) is 1. The van der Waals surface area contributed by atoms with E-state index in [4.69, 9.17) is 9.47 Å². The van der Waals surface area contributed by atoms with Crippen molar-refractivity contribution in [1.29, 1.82) is 0 Å². The highest BCUT2D eigenvalue weighted by Gasteiger charge is 2.48. The first-order chi connectivity index (χ1) is 24.9. The van der Waals surface area contributed by atoms with E-state index in [1.807, 2.05) is 27.7 Å². The molecule has 1 aliphatic rings. The summed E-state index contributed by atoms with van der Waals surface area (Å²) < 4.78 is 11.7. The molecule has 0 aliphatic carbocycles. The van der Waals surface area contributed by atoms with Crippen LogP contribution in [0.1, 0.15) is 107 Å². The third-order valence-corrected chi connectivity index (χ3v) is 8.41. The van der Waals surface area contributed by atoms with E-state index in [0.717, 1.165) is 0 Å². The van der Waals surface area contributed by atoms with Gasteiger partial charge in [-0.3, -0.25) is 28.8 Å². The number of benzene rings is 1. The van der Waals surface area contributed by atoms with Crippen molar-refractivity contribution < 1.29 is 43.0 Å². The second-order valence-electron chi connectivity index (χ2n) is 16.9. The molecule has 302 valence electrons. The maximum atomic E-state index is 14.2. The molecule has 4 N–H and O–H groups in total. The van der Waals surface area contributed by atoms with E-state index in [9.17, 15) is 33.6 Å². The first-order valence-corrected chi connectivity index (χ1v) is 18.5. The van der Waals surface area contributed by atoms with E-state index in [2.05, 4.69) is 21.3 Å². The summed E-state index contributed by atoms with van der Waals surface area (Å²) in [6.45, 7) is 17.3. The van der Waals surface area contributed by atoms with Crippen LogP contribution in [0.4, 0.5) is 4.79 Å². The molecule has 15 heteroatoms. The Morgan fingerprint density at radius 1 is 0.870 bits per heavy atom. The van der Waals surface area contributed by atoms with E-state index in [0.29, 0.717) is 24.8 Å². The highest BCUT2D eigenvalue weighted by molar-refractivity contribution is 6.38. The second-order valence-corrected chi connectivity index (χ2v) is 16.9. The Labute approximate surface area is 320 Å². The number of hydrogen-bond donors (Lipinski definition) is 4. The van der Waals surface area contributed by atoms with Crippen molar-refractivity contribution in [2.75, 3.05) is 27.2 Å². The lowest BCUT2D eigenvalue weighted by Gasteiger charge is -2.37. The first-order valence-electron chi connectivity index (χ1n) is 18.5. The number of nitrogens with zero attached hydrogens (tertiary/aromatic N) is 2. The lowest BCUT2D eigenvalue weighted by Crippen LogP contribution is -2.61. The average Bonchev–Trinajstić information content (AvgIpc) is 3.46. The van der Waals surface area contributed by atoms with Gasteiger partial charge in [-0.15, -0.1) is 0 Å². The van der Waals surface area contributed by atoms with Crippen LogP contribution in [-0.4, -0.2) is 114 Å². The minimum atomic E-state index is -1.28. The van der Waals surface area contributed by atoms with Crippen LogP contribution in [0, 0.1) is 5.41 Å². The van der Waals surface area contributed by atoms with Gasteiger partial charge in [0.15, 0.2) is 0 Å². The van der Waals surface area contributed by atoms with Gasteiger partial charge in [0.25, 0.3) is 5.91 Å². The minimum absolute atomic E-state index is 0.115. The quantitative estimate of drug-likeness (QED) is 0.195. The number of likely N-dealkylation sites (tertiary alicyclic amines) is 1. The van der Waals surface area contributed by atoms with Gasteiger partial charge in [-0.25, -0.2) is 4.79 Å². The molecule has 1 aromatic rings. The average molecular weight is 759 g/mol. The maximum absolute atomic E-state index is 14.2. The van der Waals surface area contributed by atoms with E-state index in [1.54, 1.807) is 86.0 Å². The topological polar surface area (TPSA) is 193 Å². The number of ether oxygens (including phenoxy) is 2. The fourth-order valence-corrected chi connectivity index (χ4v) is 5.88. The highest BCUT2D eigenvalue weighted by Crippen LogP contribution is 2.30. The number of carbonyl (C=O) groups excluding carboxylic acids is 7. The van der Waals surface area contributed by atoms with E-state index >= 15 is 0 Å². The van der Waals surface area contributed by atoms with Gasteiger partial charge in [0.05, 0.1) is 24.3 Å². The zero-order valence-corrected chi connectivity index (χ0v) is 34.1. The summed E-state index contributed by atoms with van der Waals surface area (Å²) in [6, 6.07) is 4.02. The summed E-state index contributed by atoms with van der Waals surface area (Å²) in [5, 5.41) is 10.3. The summed E-state index contributed by atoms with van der Waals surface area (Å²) in [5.41, 5.74) is -1.77. The van der Waals surface area contributed by atoms with Gasteiger partial charge in [0.2, 0.25) is 29.4 Å². The highest BCUT2D eigenvalue weighted by atomic mass is 16.6. The zero-order chi connectivity index (χ0) is 41.2. The first kappa shape index (κ1) is 45.6. The summed E-state index contributed by atoms with van der Waals surface area (Å²) in [5.74, 6) is -4.40. The third-order valence-electron chi connectivity index (χ3n) is 8.41. The van der Waals surface area contributed by atoms with Crippen LogP contribution in [0.15, 0.2) is 30.3 Å². The molecule has 0 bridgehead atoms. The molecule has 0 aromatic heterocycles. The smallest absolute Gasteiger partial charge is 0.408 e. The van der Waals surface area contributed by atoms with Crippen LogP contribution in [0.3, 0.4) is 0 Å². The van der Waals surface area contributed by atoms with Gasteiger partial charge in [-0.2, -0.15) is 0 Å². The largest absolute Gasteiger partial charge is 0.444 e. The third kappa shape index (κ3) is 14.0. The van der Waals surface area contributed by atoms with Crippen LogP contribution in [0.25, 0.3) is 0 Å². The van der Waals surface area contributed by atoms with Crippen LogP contribution >= 0.6 is 0 Å². The van der Waals surface area contributed by atoms with Crippen molar-refractivity contribution in [3.63, 3.8) is 0 Å². The van der Waals surface area contributed by atoms with Gasteiger partial charge < -0.3 is 40.5 Å². The Bertz CT molecular complexity index is 1490. The second kappa shape index (κ2) is 19.2. The molecular weight excluding hydrogens is 696 g/mol. The van der Waals surface area contributed by atoms with Crippen molar-refractivity contribution in [2.45, 2.75) is 136 Å². The van der Waals surface area contributed by atoms with Gasteiger partial charge in [0.1, 0.15) is 23.7 Å². The summed E-state index contributed by atoms with van der Waals surface area (Å²) >= 11 is 0. The molecular formula is C39H62N6O9. The molecule has 1 aromatic carbocycles. The molecule has 1 saturated heterocycles. The molecule has 15 nitrogen and oxygen atoms in total. The Morgan fingerprint density at radius 3 is 2.00 bits per heavy atom. The van der Waals surface area contributed by atoms with Gasteiger partial charge in [-0.1, -0.05) is 70.9 Å². The molecule has 54 heavy (non-hydrogen) atoms. The van der Waals surface area contributed by atoms with Crippen molar-refractivity contribution >= 4 is 41.4 Å². The maximum Gasteiger partial charge on any atom is 0.408 e. The Balaban J connectivity index is 2.31. The van der Waals surface area contributed by atoms with Gasteiger partial charge in [-0.05, 0) is 65.4 Å². The van der Waals surface area contributed by atoms with Crippen molar-refractivity contribution in [3.05, 3.63) is 35.9 Å². The molecule has 2 unspecified atom stereocenters. The number of nitrogens with one attached hydrogen (secondary N) is 4. The number of likely N-dealkylation sites (N-methyl/N-ethyl adjacent to an activating group) is 1. The number of alkyl carbamates (subject to hydrolysis) is 1. The standard InChI is InChI=1S/C39H62N6O9/c1-13-14-20-25(30(47)33(49)40-23-27(46)42-28(34(50)44(11)12)24-18-16-15-17-19-24)41-32(48)29-26(53-38(5,6)7)21-22-45(29)35(51)31(37(2,3)4)43-36(52)54-39(8,9)10/h15-19,25-26,28-29,31H,13-14,20-23H2,1-12H3,(H,40,49)(H,41,48)(H,42,46)(H,43,52)/t25-,26?,28?,29+,31-/m1/s1. The van der Waals surface area contributed by atoms with Crippen molar-refractivity contribution in [1.82, 2.24) is 31.1 Å². The number of hydrogen-bond acceptors (Lipinski definition) is 9. The Kier molecular flexibility index (Phi) is 16.2. The molecule has 0 spiro atoms. The molecule has 1 fully saturated rings. The number of amides is 6. The number of carbonyl (C=O) groups is 7. The molecule has 1 aliphatic heterocycles. The molecule has 5 atom stereocenters. The molecule has 1 heterocycles. The summed E-state index contributed by atoms with van der Waals surface area (Å²) in [4.78, 5) is 96.5. The number of ketones is 1. The SMILES string of the molecule is CCCC[C@@H](NC(=O)[C@@H]1C(OC(C)(C)C)CCN1C(=O)[C@@H](NC(=O)OC(C)(C)C)C(C)(C)C)C(=O)C(=O)NCC(=O)NC(C(=O)N(C)C)c1ccccc1. The molecule has 2 rings (SSSR count). The van der Waals surface area contributed by atoms with Crippen molar-refractivity contribution in [3.8, 4) is 0 Å². The Hall–Kier alpha value is -4.53. The lowest BCUT2D eigenvalue weighted by atomic mass is 9.85. The van der Waals surface area contributed by atoms with Crippen molar-refractivity contribution in [2.24, 2.45) is 5.41 Å². The summed E-state index contributed by atoms with van der Waals surface area (Å²) in [6.07, 6.45) is -0.00569. The van der Waals surface area contributed by atoms with Gasteiger partial charge in [0, 0.05) is 20.6 Å². The molecule has 6 amide bonds. The summed E-state index contributed by atoms with van der Waals surface area (Å²) in [7, 11) is 3.11. The normalized spacial score (nSPS) is 17.7. The zero-order valence-electron chi connectivity index (χ0n) is 34.1. The lowest BCUT2D eigenvalue weighted by molar-refractivity contribution is -0.149. The van der Waals surface area contributed by atoms with E-state index in [1.165, 1.54) is 9.80 Å². The fourth-order valence-electron chi connectivity index (χ4n) is 5.88. The van der Waals surface area contributed by atoms with Gasteiger partial charge >= 0.3 is 6.09 Å². The van der Waals surface area contributed by atoms with Crippen LogP contribution in [-0.2, 0) is 38.2 Å². The molecule has 0 radical (unpaired) electrons. The van der Waals surface area contributed by atoms with Crippen LogP contribution in [0.5, 0.6) is 0 Å². The fraction of sp³-hybridized carbons (Fsp3) is 0.667.